The molecule has 562 valence electrons. The van der Waals surface area contributed by atoms with Gasteiger partial charge in [-0.3, -0.25) is 0 Å². The smallest absolute Gasteiger partial charge is 0.467 e. The van der Waals surface area contributed by atoms with Crippen molar-refractivity contribution in [2.45, 2.75) is 307 Å². The lowest BCUT2D eigenvalue weighted by molar-refractivity contribution is -0.201. The molecular formula is C81H130O18. The van der Waals surface area contributed by atoms with Crippen LogP contribution >= 0.6 is 0 Å². The third-order valence-electron chi connectivity index (χ3n) is 29.6. The first-order valence-corrected chi connectivity index (χ1v) is 39.6. The summed E-state index contributed by atoms with van der Waals surface area (Å²) in [4.78, 5) is 67.5. The molecule has 21 aliphatic rings. The third-order valence-corrected chi connectivity index (χ3v) is 29.6. The summed E-state index contributed by atoms with van der Waals surface area (Å²) in [5.41, 5.74) is 1.45. The van der Waals surface area contributed by atoms with Gasteiger partial charge in [-0.05, 0) is 310 Å². The van der Waals surface area contributed by atoms with Gasteiger partial charge in [0.2, 0.25) is 0 Å². The van der Waals surface area contributed by atoms with Gasteiger partial charge in [0.15, 0.2) is 0 Å². The molecule has 10 unspecified atom stereocenters. The maximum absolute atomic E-state index is 11.4. The minimum Gasteiger partial charge on any atom is -0.467 e. The summed E-state index contributed by atoms with van der Waals surface area (Å²) in [7, 11) is 8.43. The predicted octanol–water partition coefficient (Wildman–Crippen LogP) is 17.5. The van der Waals surface area contributed by atoms with Crippen molar-refractivity contribution in [3.8, 4) is 0 Å². The molecule has 0 aromatic heterocycles. The molecule has 0 aromatic carbocycles. The number of ether oxygens (including phenoxy) is 12. The Morgan fingerprint density at radius 2 is 0.727 bits per heavy atom. The fraction of sp³-hybridized carbons (Fsp3) is 0.926. The Kier molecular flexibility index (Phi) is 24.2. The van der Waals surface area contributed by atoms with Gasteiger partial charge >= 0.3 is 36.4 Å². The molecule has 0 aromatic rings. The van der Waals surface area contributed by atoms with Crippen LogP contribution in [0.15, 0.2) is 0 Å². The van der Waals surface area contributed by atoms with Crippen LogP contribution < -0.4 is 0 Å². The largest absolute Gasteiger partial charge is 0.508 e. The fourth-order valence-corrected chi connectivity index (χ4v) is 26.9. The number of hydrogen-bond acceptors (Lipinski definition) is 18. The van der Waals surface area contributed by atoms with E-state index in [0.29, 0.717) is 39.6 Å². The first kappa shape index (κ1) is 76.2. The summed E-state index contributed by atoms with van der Waals surface area (Å²) in [6.45, 7) is 14.3. The molecule has 0 radical (unpaired) electrons. The van der Waals surface area contributed by atoms with Gasteiger partial charge in [-0.1, -0.05) is 67.2 Å². The van der Waals surface area contributed by atoms with Crippen LogP contribution in [0, 0.1) is 105 Å². The molecule has 0 saturated heterocycles. The van der Waals surface area contributed by atoms with Crippen molar-refractivity contribution in [3.63, 3.8) is 0 Å². The minimum absolute atomic E-state index is 0.00567. The fourth-order valence-electron chi connectivity index (χ4n) is 26.9. The molecule has 21 rings (SSSR count). The lowest BCUT2D eigenvalue weighted by Crippen LogP contribution is -2.57. The van der Waals surface area contributed by atoms with E-state index < -0.39 is 18.5 Å². The van der Waals surface area contributed by atoms with E-state index in [0.717, 1.165) is 142 Å². The average Bonchev–Trinajstić information content (AvgIpc) is 0.762. The lowest BCUT2D eigenvalue weighted by atomic mass is 9.47. The van der Waals surface area contributed by atoms with Gasteiger partial charge in [-0.15, -0.1) is 0 Å². The Morgan fingerprint density at radius 3 is 1.16 bits per heavy atom. The molecule has 21 aliphatic carbocycles. The van der Waals surface area contributed by atoms with Crippen LogP contribution in [-0.4, -0.2) is 133 Å². The van der Waals surface area contributed by atoms with Crippen LogP contribution in [0.2, 0.25) is 0 Å². The van der Waals surface area contributed by atoms with Crippen molar-refractivity contribution in [1.82, 2.24) is 0 Å². The SMILES string of the molecule is CCC12CC3CC(C1)C(OCC(=O)OC)C(C3)C2.CCC12CC3CC(C1)CC(OC(=O)OC)(C3)C2.CCC12CC3CC(C1)CC(OCC(=O)OC)(C3)C2.CCC1CCC(OCC(=O)OC)CC1.COC(=O)OC12CC3CC(C1)C(C)C(C3)C2.COC(=O)OC12CC3CC(CC(C)(C3)C1)C2. The summed E-state index contributed by atoms with van der Waals surface area (Å²) in [5.74, 6) is 10.4. The monoisotopic (exact) mass is 1390 g/mol. The van der Waals surface area contributed by atoms with E-state index in [-0.39, 0.29) is 66.2 Å². The average molecular weight is 1390 g/mol. The standard InChI is InChI=1S/2C15H24O3.C14H22O3.2C13H20O3.C11H20O3/c1-3-14-5-11-4-12(6-14)8-15(7-11,10-14)18-9-13(16)17-2;1-3-15-6-10-4-11(7-15)14(12(5-10)8-15)18-9-13(16)17-2;1-3-13-5-10-4-11(6-13)8-14(7-10,9-13)17-12(15)16-2;1-12-4-9-3-10(5-12)7-13(6-9,8-12)16-11(14)15-2;1-8-10-3-9-4-11(8)7-13(5-9,6-10)16-12(14)15-2;1-3-9-4-6-10(7-5-9)14-8-11(12)13-2/h11-12H,3-10H2,1-2H3;10-12,14H,3-9H2,1-2H3;10-11H,3-9H2,1-2H3;9-10H,3-8H2,1-2H3;8-11H,3-7H2,1-2H3;9-10H,3-8H2,1-2H3. The van der Waals surface area contributed by atoms with Crippen LogP contribution in [0.5, 0.6) is 0 Å². The highest BCUT2D eigenvalue weighted by Crippen LogP contribution is 2.67. The first-order valence-electron chi connectivity index (χ1n) is 39.6. The first-order chi connectivity index (χ1) is 47.2. The Bertz CT molecular complexity index is 2700. The van der Waals surface area contributed by atoms with Gasteiger partial charge in [0.25, 0.3) is 0 Å². The molecule has 0 heterocycles. The minimum atomic E-state index is -0.495. The quantitative estimate of drug-likeness (QED) is 0.104. The van der Waals surface area contributed by atoms with Gasteiger partial charge < -0.3 is 56.8 Å². The second kappa shape index (κ2) is 31.4. The van der Waals surface area contributed by atoms with Crippen LogP contribution in [-0.2, 0) is 71.2 Å². The van der Waals surface area contributed by atoms with Gasteiger partial charge in [0.1, 0.15) is 36.6 Å². The van der Waals surface area contributed by atoms with E-state index >= 15 is 0 Å². The predicted molar refractivity (Wildman–Crippen MR) is 372 cm³/mol. The van der Waals surface area contributed by atoms with E-state index in [2.05, 4.69) is 60.5 Å². The van der Waals surface area contributed by atoms with Crippen molar-refractivity contribution in [3.05, 3.63) is 0 Å². The van der Waals surface area contributed by atoms with E-state index in [4.69, 9.17) is 37.9 Å². The highest BCUT2D eigenvalue weighted by atomic mass is 16.7. The number of rotatable bonds is 16. The normalized spacial score (nSPS) is 44.2. The van der Waals surface area contributed by atoms with Crippen molar-refractivity contribution >= 4 is 36.4 Å². The van der Waals surface area contributed by atoms with E-state index in [9.17, 15) is 28.8 Å². The van der Waals surface area contributed by atoms with Crippen molar-refractivity contribution in [2.24, 2.45) is 105 Å². The molecule has 0 N–H and O–H groups in total. The molecule has 10 atom stereocenters. The molecular weight excluding hydrogens is 1260 g/mol. The second-order valence-electron chi connectivity index (χ2n) is 36.6. The Morgan fingerprint density at radius 1 is 0.354 bits per heavy atom. The number of methoxy groups -OCH3 is 6. The van der Waals surface area contributed by atoms with E-state index in [1.807, 2.05) is 0 Å². The number of hydrogen-bond donors (Lipinski definition) is 0. The van der Waals surface area contributed by atoms with Gasteiger partial charge in [0, 0.05) is 0 Å². The summed E-state index contributed by atoms with van der Waals surface area (Å²) in [6, 6.07) is 0. The molecule has 0 aliphatic heterocycles. The Labute approximate surface area is 593 Å². The van der Waals surface area contributed by atoms with Crippen LogP contribution in [0.4, 0.5) is 14.4 Å². The van der Waals surface area contributed by atoms with Gasteiger partial charge in [-0.2, -0.15) is 0 Å². The van der Waals surface area contributed by atoms with Crippen LogP contribution in [0.1, 0.15) is 273 Å². The molecule has 18 heteroatoms. The van der Waals surface area contributed by atoms with Gasteiger partial charge in [-0.25, -0.2) is 28.8 Å². The lowest BCUT2D eigenvalue weighted by Gasteiger charge is -2.61. The molecule has 21 saturated carbocycles. The molecule has 21 fully saturated rings. The molecule has 20 bridgehead atoms. The second-order valence-corrected chi connectivity index (χ2v) is 36.6. The topological polar surface area (TPSA) is 213 Å². The third kappa shape index (κ3) is 17.7. The molecule has 18 nitrogen and oxygen atoms in total. The number of esters is 3. The van der Waals surface area contributed by atoms with Crippen molar-refractivity contribution in [1.29, 1.82) is 0 Å². The van der Waals surface area contributed by atoms with E-state index in [1.165, 1.54) is 203 Å². The highest BCUT2D eigenvalue weighted by molar-refractivity contribution is 5.71. The summed E-state index contributed by atoms with van der Waals surface area (Å²) < 4.78 is 62.1. The van der Waals surface area contributed by atoms with Crippen molar-refractivity contribution in [2.75, 3.05) is 62.5 Å². The van der Waals surface area contributed by atoms with Crippen LogP contribution in [0.25, 0.3) is 0 Å². The maximum atomic E-state index is 11.4. The summed E-state index contributed by atoms with van der Waals surface area (Å²) in [5, 5.41) is 0. The summed E-state index contributed by atoms with van der Waals surface area (Å²) >= 11 is 0. The molecule has 0 spiro atoms. The zero-order valence-electron chi connectivity index (χ0n) is 63.2. The zero-order valence-corrected chi connectivity index (χ0v) is 63.2. The number of carbonyl (C=O) groups excluding carboxylic acids is 6. The summed E-state index contributed by atoms with van der Waals surface area (Å²) in [6.07, 6.45) is 43.6. The zero-order chi connectivity index (χ0) is 70.8. The van der Waals surface area contributed by atoms with Gasteiger partial charge in [0.05, 0.1) is 60.5 Å². The highest BCUT2D eigenvalue weighted by Gasteiger charge is 2.62. The Hall–Kier alpha value is -3.90. The Balaban J connectivity index is 0.000000120. The van der Waals surface area contributed by atoms with E-state index in [1.54, 1.807) is 0 Å². The molecule has 99 heavy (non-hydrogen) atoms. The van der Waals surface area contributed by atoms with Crippen LogP contribution in [0.3, 0.4) is 0 Å². The maximum Gasteiger partial charge on any atom is 0.508 e. The molecule has 0 amide bonds. The number of carbonyl (C=O) groups is 6. The van der Waals surface area contributed by atoms with Crippen molar-refractivity contribution < 1.29 is 85.6 Å².